The second-order valence-electron chi connectivity index (χ2n) is 2.92. The van der Waals surface area contributed by atoms with Crippen molar-refractivity contribution in [2.45, 2.75) is 6.61 Å². The molecule has 1 aromatic carbocycles. The van der Waals surface area contributed by atoms with Crippen LogP contribution < -0.4 is 14.8 Å². The molecule has 17 heavy (non-hydrogen) atoms. The van der Waals surface area contributed by atoms with Crippen molar-refractivity contribution >= 4 is 23.2 Å². The van der Waals surface area contributed by atoms with Crippen molar-refractivity contribution in [2.24, 2.45) is 0 Å². The first-order valence-electron chi connectivity index (χ1n) is 4.55. The van der Waals surface area contributed by atoms with Crippen LogP contribution in [-0.2, 0) is 4.79 Å². The molecule has 0 aliphatic carbocycles. The van der Waals surface area contributed by atoms with Crippen molar-refractivity contribution in [2.75, 3.05) is 18.3 Å². The van der Waals surface area contributed by atoms with Crippen molar-refractivity contribution in [3.8, 4) is 11.5 Å². The second kappa shape index (κ2) is 6.24. The summed E-state index contributed by atoms with van der Waals surface area (Å²) < 4.78 is 33.4. The molecule has 0 bridgehead atoms. The lowest BCUT2D eigenvalue weighted by molar-refractivity contribution is -0.114. The lowest BCUT2D eigenvalue weighted by Crippen LogP contribution is -2.14. The molecule has 1 rings (SSSR count). The summed E-state index contributed by atoms with van der Waals surface area (Å²) >= 11 is 5.30. The summed E-state index contributed by atoms with van der Waals surface area (Å²) in [7, 11) is 1.41. The molecule has 0 saturated carbocycles. The highest BCUT2D eigenvalue weighted by Crippen LogP contribution is 2.30. The van der Waals surface area contributed by atoms with E-state index in [1.807, 2.05) is 0 Å². The van der Waals surface area contributed by atoms with Gasteiger partial charge < -0.3 is 14.8 Å². The third-order valence-electron chi connectivity index (χ3n) is 1.80. The molecular weight excluding hydrogens is 256 g/mol. The minimum Gasteiger partial charge on any atom is -0.497 e. The van der Waals surface area contributed by atoms with Gasteiger partial charge in [-0.15, -0.1) is 11.6 Å². The number of nitrogens with one attached hydrogen (secondary N) is 1. The van der Waals surface area contributed by atoms with Crippen LogP contribution in [0.2, 0.25) is 0 Å². The van der Waals surface area contributed by atoms with Gasteiger partial charge in [-0.2, -0.15) is 8.78 Å². The molecule has 0 spiro atoms. The van der Waals surface area contributed by atoms with E-state index in [0.717, 1.165) is 0 Å². The minimum absolute atomic E-state index is 0.0790. The molecule has 94 valence electrons. The fraction of sp³-hybridized carbons (Fsp3) is 0.300. The van der Waals surface area contributed by atoms with E-state index in [-0.39, 0.29) is 17.3 Å². The van der Waals surface area contributed by atoms with Crippen molar-refractivity contribution in [1.29, 1.82) is 0 Å². The average molecular weight is 266 g/mol. The van der Waals surface area contributed by atoms with Gasteiger partial charge in [-0.3, -0.25) is 4.79 Å². The number of rotatable bonds is 5. The van der Waals surface area contributed by atoms with E-state index in [0.29, 0.717) is 5.75 Å². The molecular formula is C10H10ClF2NO3. The summed E-state index contributed by atoms with van der Waals surface area (Å²) in [6, 6.07) is 4.07. The molecule has 1 aromatic rings. The summed E-state index contributed by atoms with van der Waals surface area (Å²) in [5.74, 6) is -0.569. The van der Waals surface area contributed by atoms with Crippen LogP contribution in [0.5, 0.6) is 11.5 Å². The van der Waals surface area contributed by atoms with Crippen LogP contribution in [0.4, 0.5) is 14.5 Å². The predicted octanol–water partition coefficient (Wildman–Crippen LogP) is 2.47. The maximum atomic E-state index is 12.1. The van der Waals surface area contributed by atoms with Crippen LogP contribution in [0.3, 0.4) is 0 Å². The molecule has 0 aliphatic rings. The number of alkyl halides is 3. The quantitative estimate of drug-likeness (QED) is 0.832. The maximum Gasteiger partial charge on any atom is 0.387 e. The minimum atomic E-state index is -2.98. The SMILES string of the molecule is COc1ccc(OC(F)F)c(NC(=O)CCl)c1. The zero-order valence-corrected chi connectivity index (χ0v) is 9.63. The number of halogens is 3. The molecule has 1 amide bonds. The van der Waals surface area contributed by atoms with Crippen LogP contribution in [0.1, 0.15) is 0 Å². The van der Waals surface area contributed by atoms with Gasteiger partial charge in [0.15, 0.2) is 0 Å². The molecule has 1 N–H and O–H groups in total. The fourth-order valence-corrected chi connectivity index (χ4v) is 1.18. The Labute approximate surface area is 101 Å². The Morgan fingerprint density at radius 3 is 2.76 bits per heavy atom. The number of hydrogen-bond acceptors (Lipinski definition) is 3. The summed E-state index contributed by atoms with van der Waals surface area (Å²) in [6.45, 7) is -2.98. The van der Waals surface area contributed by atoms with E-state index in [9.17, 15) is 13.6 Å². The number of anilines is 1. The topological polar surface area (TPSA) is 47.6 Å². The third kappa shape index (κ3) is 4.07. The first-order valence-corrected chi connectivity index (χ1v) is 5.09. The molecule has 0 atom stereocenters. The van der Waals surface area contributed by atoms with Crippen LogP contribution in [0, 0.1) is 0 Å². The van der Waals surface area contributed by atoms with Gasteiger partial charge in [0.1, 0.15) is 17.4 Å². The first-order chi connectivity index (χ1) is 8.06. The molecule has 0 aromatic heterocycles. The molecule has 7 heteroatoms. The molecule has 0 unspecified atom stereocenters. The molecule has 0 radical (unpaired) electrons. The fourth-order valence-electron chi connectivity index (χ4n) is 1.12. The molecule has 0 aliphatic heterocycles. The molecule has 4 nitrogen and oxygen atoms in total. The number of hydrogen-bond donors (Lipinski definition) is 1. The molecule has 0 saturated heterocycles. The van der Waals surface area contributed by atoms with Crippen LogP contribution in [0.25, 0.3) is 0 Å². The Bertz CT molecular complexity index is 401. The zero-order chi connectivity index (χ0) is 12.8. The number of methoxy groups -OCH3 is 1. The second-order valence-corrected chi connectivity index (χ2v) is 3.19. The van der Waals surface area contributed by atoms with Crippen molar-refractivity contribution in [3.63, 3.8) is 0 Å². The van der Waals surface area contributed by atoms with Gasteiger partial charge >= 0.3 is 6.61 Å². The Morgan fingerprint density at radius 2 is 2.24 bits per heavy atom. The van der Waals surface area contributed by atoms with Gasteiger partial charge in [0, 0.05) is 6.07 Å². The number of carbonyl (C=O) groups excluding carboxylic acids is 1. The van der Waals surface area contributed by atoms with E-state index < -0.39 is 12.5 Å². The number of amides is 1. The van der Waals surface area contributed by atoms with Crippen molar-refractivity contribution in [1.82, 2.24) is 0 Å². The number of ether oxygens (including phenoxy) is 2. The highest BCUT2D eigenvalue weighted by molar-refractivity contribution is 6.29. The van der Waals surface area contributed by atoms with Crippen LogP contribution in [-0.4, -0.2) is 25.5 Å². The Kier molecular flexibility index (Phi) is 4.96. The van der Waals surface area contributed by atoms with E-state index in [1.54, 1.807) is 0 Å². The predicted molar refractivity (Wildman–Crippen MR) is 59.0 cm³/mol. The van der Waals surface area contributed by atoms with Gasteiger partial charge in [-0.05, 0) is 12.1 Å². The van der Waals surface area contributed by atoms with Crippen LogP contribution >= 0.6 is 11.6 Å². The van der Waals surface area contributed by atoms with E-state index in [2.05, 4.69) is 10.1 Å². The van der Waals surface area contributed by atoms with Gasteiger partial charge in [-0.25, -0.2) is 0 Å². The highest BCUT2D eigenvalue weighted by atomic mass is 35.5. The summed E-state index contributed by atoms with van der Waals surface area (Å²) in [5, 5.41) is 2.33. The number of benzene rings is 1. The lowest BCUT2D eigenvalue weighted by atomic mass is 10.2. The van der Waals surface area contributed by atoms with Gasteiger partial charge in [0.25, 0.3) is 0 Å². The van der Waals surface area contributed by atoms with Crippen molar-refractivity contribution < 1.29 is 23.0 Å². The summed E-state index contributed by atoms with van der Waals surface area (Å²) in [4.78, 5) is 11.1. The van der Waals surface area contributed by atoms with Gasteiger partial charge in [0.05, 0.1) is 12.8 Å². The zero-order valence-electron chi connectivity index (χ0n) is 8.88. The first kappa shape index (κ1) is 13.5. The Morgan fingerprint density at radius 1 is 1.53 bits per heavy atom. The van der Waals surface area contributed by atoms with Crippen LogP contribution in [0.15, 0.2) is 18.2 Å². The van der Waals surface area contributed by atoms with Gasteiger partial charge in [0.2, 0.25) is 5.91 Å². The Balaban J connectivity index is 2.98. The summed E-state index contributed by atoms with van der Waals surface area (Å²) in [5.41, 5.74) is 0.0790. The average Bonchev–Trinajstić information content (AvgIpc) is 2.30. The normalized spacial score (nSPS) is 10.2. The van der Waals surface area contributed by atoms with E-state index >= 15 is 0 Å². The van der Waals surface area contributed by atoms with E-state index in [4.69, 9.17) is 16.3 Å². The lowest BCUT2D eigenvalue weighted by Gasteiger charge is -2.12. The highest BCUT2D eigenvalue weighted by Gasteiger charge is 2.12. The molecule has 0 fully saturated rings. The smallest absolute Gasteiger partial charge is 0.387 e. The van der Waals surface area contributed by atoms with Gasteiger partial charge in [-0.1, -0.05) is 0 Å². The molecule has 0 heterocycles. The Hall–Kier alpha value is -1.56. The monoisotopic (exact) mass is 265 g/mol. The number of carbonyl (C=O) groups is 1. The largest absolute Gasteiger partial charge is 0.497 e. The third-order valence-corrected chi connectivity index (χ3v) is 2.04. The summed E-state index contributed by atoms with van der Waals surface area (Å²) in [6.07, 6.45) is 0. The maximum absolute atomic E-state index is 12.1. The van der Waals surface area contributed by atoms with E-state index in [1.165, 1.54) is 25.3 Å². The van der Waals surface area contributed by atoms with Crippen molar-refractivity contribution in [3.05, 3.63) is 18.2 Å². The standard InChI is InChI=1S/C10H10ClF2NO3/c1-16-6-2-3-8(17-10(12)13)7(4-6)14-9(15)5-11/h2-4,10H,5H2,1H3,(H,14,15).